The summed E-state index contributed by atoms with van der Waals surface area (Å²) in [6.45, 7) is 1.72. The third-order valence-electron chi connectivity index (χ3n) is 3.96. The van der Waals surface area contributed by atoms with Crippen molar-refractivity contribution in [3.63, 3.8) is 0 Å². The van der Waals surface area contributed by atoms with E-state index in [1.807, 2.05) is 0 Å². The summed E-state index contributed by atoms with van der Waals surface area (Å²) in [4.78, 5) is 20.6. The lowest BCUT2D eigenvalue weighted by molar-refractivity contribution is 0.0998. The molecule has 0 aliphatic rings. The third kappa shape index (κ3) is 3.48. The van der Waals surface area contributed by atoms with Crippen molar-refractivity contribution < 1.29 is 18.3 Å². The van der Waals surface area contributed by atoms with E-state index < -0.39 is 5.91 Å². The Kier molecular flexibility index (Phi) is 4.25. The van der Waals surface area contributed by atoms with Gasteiger partial charge in [-0.1, -0.05) is 6.07 Å². The highest BCUT2D eigenvalue weighted by Crippen LogP contribution is 2.27. The molecule has 134 valence electrons. The number of halogens is 1. The van der Waals surface area contributed by atoms with Gasteiger partial charge in [0, 0.05) is 35.1 Å². The molecule has 4 aromatic rings. The Morgan fingerprint density at radius 3 is 2.89 bits per heavy atom. The van der Waals surface area contributed by atoms with Gasteiger partial charge in [-0.05, 0) is 37.3 Å². The molecule has 1 N–H and O–H groups in total. The number of hydrogen-bond donors (Lipinski definition) is 1. The van der Waals surface area contributed by atoms with Crippen LogP contribution in [0.2, 0.25) is 0 Å². The molecule has 0 aliphatic heterocycles. The van der Waals surface area contributed by atoms with Crippen LogP contribution in [0.4, 0.5) is 10.1 Å². The molecule has 0 aliphatic carbocycles. The van der Waals surface area contributed by atoms with E-state index >= 15 is 0 Å². The number of aryl methyl sites for hydroxylation is 1. The van der Waals surface area contributed by atoms with E-state index in [-0.39, 0.29) is 11.6 Å². The number of carbonyl (C=O) groups is 1. The minimum absolute atomic E-state index is 0.135. The number of amides is 1. The minimum atomic E-state index is -0.430. The molecule has 2 heterocycles. The molecule has 2 aromatic heterocycles. The normalized spacial score (nSPS) is 10.7. The number of benzene rings is 2. The Balaban J connectivity index is 1.56. The van der Waals surface area contributed by atoms with Crippen LogP contribution in [-0.4, -0.2) is 15.9 Å². The number of carbonyl (C=O) groups excluding carboxylic acids is 1. The number of aromatic nitrogens is 2. The number of nitrogens with one attached hydrogen (secondary N) is 1. The first kappa shape index (κ1) is 16.7. The van der Waals surface area contributed by atoms with E-state index in [0.29, 0.717) is 33.8 Å². The number of nitrogens with zero attached hydrogens (tertiary/aromatic N) is 2. The predicted octanol–water partition coefficient (Wildman–Crippen LogP) is 4.71. The maximum atomic E-state index is 13.4. The van der Waals surface area contributed by atoms with Gasteiger partial charge in [0.25, 0.3) is 5.91 Å². The van der Waals surface area contributed by atoms with Crippen LogP contribution in [-0.2, 0) is 0 Å². The zero-order chi connectivity index (χ0) is 18.8. The molecular weight excluding hydrogens is 349 g/mol. The lowest BCUT2D eigenvalue weighted by Gasteiger charge is -2.07. The standard InChI is InChI=1S/C20H14FN3O3/c1-12-16-9-13(21)5-6-17(16)27-19(12)20(25)24-14-3-2-4-15(10-14)26-18-11-22-7-8-23-18/h2-11H,1H3,(H,24,25). The van der Waals surface area contributed by atoms with E-state index in [1.165, 1.54) is 30.6 Å². The van der Waals surface area contributed by atoms with Crippen LogP contribution in [0.3, 0.4) is 0 Å². The van der Waals surface area contributed by atoms with Crippen molar-refractivity contribution in [3.05, 3.63) is 78.2 Å². The molecule has 0 saturated carbocycles. The summed E-state index contributed by atoms with van der Waals surface area (Å²) in [5, 5.41) is 3.33. The quantitative estimate of drug-likeness (QED) is 0.568. The molecular formula is C20H14FN3O3. The van der Waals surface area contributed by atoms with Crippen LogP contribution < -0.4 is 10.1 Å². The smallest absolute Gasteiger partial charge is 0.291 e. The first-order chi connectivity index (χ1) is 13.1. The van der Waals surface area contributed by atoms with Gasteiger partial charge >= 0.3 is 0 Å². The van der Waals surface area contributed by atoms with Crippen molar-refractivity contribution >= 4 is 22.6 Å². The van der Waals surface area contributed by atoms with Gasteiger partial charge in [-0.3, -0.25) is 9.78 Å². The third-order valence-corrected chi connectivity index (χ3v) is 3.96. The van der Waals surface area contributed by atoms with Gasteiger partial charge in [0.1, 0.15) is 17.1 Å². The number of furan rings is 1. The van der Waals surface area contributed by atoms with Crippen molar-refractivity contribution in [3.8, 4) is 11.6 Å². The molecule has 1 amide bonds. The minimum Gasteiger partial charge on any atom is -0.451 e. The number of ether oxygens (including phenoxy) is 1. The molecule has 0 bridgehead atoms. The fourth-order valence-corrected chi connectivity index (χ4v) is 2.69. The van der Waals surface area contributed by atoms with Crippen molar-refractivity contribution in [1.82, 2.24) is 9.97 Å². The molecule has 0 saturated heterocycles. The predicted molar refractivity (Wildman–Crippen MR) is 97.4 cm³/mol. The molecule has 0 atom stereocenters. The fourth-order valence-electron chi connectivity index (χ4n) is 2.69. The maximum Gasteiger partial charge on any atom is 0.291 e. The fraction of sp³-hybridized carbons (Fsp3) is 0.0500. The summed E-state index contributed by atoms with van der Waals surface area (Å²) >= 11 is 0. The van der Waals surface area contributed by atoms with Gasteiger partial charge in [0.05, 0.1) is 6.20 Å². The summed E-state index contributed by atoms with van der Waals surface area (Å²) in [6.07, 6.45) is 4.56. The van der Waals surface area contributed by atoms with Gasteiger partial charge in [0.2, 0.25) is 5.88 Å². The Labute approximate surface area is 153 Å². The summed E-state index contributed by atoms with van der Waals surface area (Å²) in [6, 6.07) is 11.0. The van der Waals surface area contributed by atoms with E-state index in [9.17, 15) is 9.18 Å². The summed E-state index contributed by atoms with van der Waals surface area (Å²) < 4.78 is 24.6. The first-order valence-electron chi connectivity index (χ1n) is 8.14. The molecule has 0 spiro atoms. The summed E-state index contributed by atoms with van der Waals surface area (Å²) in [7, 11) is 0. The number of anilines is 1. The lowest BCUT2D eigenvalue weighted by Crippen LogP contribution is -2.12. The average molecular weight is 363 g/mol. The van der Waals surface area contributed by atoms with Crippen LogP contribution in [0.1, 0.15) is 16.1 Å². The van der Waals surface area contributed by atoms with Crippen LogP contribution in [0.15, 0.2) is 65.5 Å². The molecule has 6 nitrogen and oxygen atoms in total. The highest BCUT2D eigenvalue weighted by molar-refractivity contribution is 6.06. The molecule has 27 heavy (non-hydrogen) atoms. The Morgan fingerprint density at radius 2 is 2.07 bits per heavy atom. The first-order valence-corrected chi connectivity index (χ1v) is 8.14. The molecule has 0 fully saturated rings. The topological polar surface area (TPSA) is 77.2 Å². The van der Waals surface area contributed by atoms with E-state index in [2.05, 4.69) is 15.3 Å². The second-order valence-electron chi connectivity index (χ2n) is 5.82. The highest BCUT2D eigenvalue weighted by atomic mass is 19.1. The van der Waals surface area contributed by atoms with E-state index in [0.717, 1.165) is 0 Å². The van der Waals surface area contributed by atoms with Crippen LogP contribution >= 0.6 is 0 Å². The average Bonchev–Trinajstić information content (AvgIpc) is 2.99. The summed E-state index contributed by atoms with van der Waals surface area (Å²) in [5.41, 5.74) is 1.56. The number of fused-ring (bicyclic) bond motifs is 1. The van der Waals surface area contributed by atoms with Gasteiger partial charge in [-0.15, -0.1) is 0 Å². The SMILES string of the molecule is Cc1c(C(=O)Nc2cccc(Oc3cnccn3)c2)oc2ccc(F)cc12. The second-order valence-corrected chi connectivity index (χ2v) is 5.82. The molecule has 0 unspecified atom stereocenters. The van der Waals surface area contributed by atoms with Crippen molar-refractivity contribution in [1.29, 1.82) is 0 Å². The summed E-state index contributed by atoms with van der Waals surface area (Å²) in [5.74, 6) is 0.164. The van der Waals surface area contributed by atoms with Crippen LogP contribution in [0.25, 0.3) is 11.0 Å². The van der Waals surface area contributed by atoms with Gasteiger partial charge < -0.3 is 14.5 Å². The molecule has 0 radical (unpaired) electrons. The number of hydrogen-bond acceptors (Lipinski definition) is 5. The highest BCUT2D eigenvalue weighted by Gasteiger charge is 2.18. The van der Waals surface area contributed by atoms with Crippen LogP contribution in [0, 0.1) is 12.7 Å². The van der Waals surface area contributed by atoms with E-state index in [1.54, 1.807) is 37.4 Å². The molecule has 2 aromatic carbocycles. The lowest BCUT2D eigenvalue weighted by atomic mass is 10.1. The largest absolute Gasteiger partial charge is 0.451 e. The Hall–Kier alpha value is -3.74. The molecule has 7 heteroatoms. The van der Waals surface area contributed by atoms with Crippen molar-refractivity contribution in [2.75, 3.05) is 5.32 Å². The second kappa shape index (κ2) is 6.87. The monoisotopic (exact) mass is 363 g/mol. The molecule has 4 rings (SSSR count). The maximum absolute atomic E-state index is 13.4. The van der Waals surface area contributed by atoms with Crippen LogP contribution in [0.5, 0.6) is 11.6 Å². The number of rotatable bonds is 4. The Morgan fingerprint density at radius 1 is 1.19 bits per heavy atom. The Bertz CT molecular complexity index is 1130. The van der Waals surface area contributed by atoms with E-state index in [4.69, 9.17) is 9.15 Å². The van der Waals surface area contributed by atoms with Gasteiger partial charge in [-0.2, -0.15) is 0 Å². The zero-order valence-corrected chi connectivity index (χ0v) is 14.3. The van der Waals surface area contributed by atoms with Crippen molar-refractivity contribution in [2.24, 2.45) is 0 Å². The van der Waals surface area contributed by atoms with Crippen molar-refractivity contribution in [2.45, 2.75) is 6.92 Å². The van der Waals surface area contributed by atoms with Gasteiger partial charge in [-0.25, -0.2) is 9.37 Å². The van der Waals surface area contributed by atoms with Gasteiger partial charge in [0.15, 0.2) is 5.76 Å². The zero-order valence-electron chi connectivity index (χ0n) is 14.3.